The molecule has 3 amide bonds. The summed E-state index contributed by atoms with van der Waals surface area (Å²) in [6.45, 7) is 0.836. The quantitative estimate of drug-likeness (QED) is 0.748. The fraction of sp³-hybridized carbons (Fsp3) is 0.400. The van der Waals surface area contributed by atoms with Gasteiger partial charge < -0.3 is 4.90 Å². The smallest absolute Gasteiger partial charge is 0.237 e. The first-order chi connectivity index (χ1) is 9.52. The van der Waals surface area contributed by atoms with Crippen molar-refractivity contribution in [2.45, 2.75) is 19.4 Å². The topological polar surface area (TPSA) is 57.7 Å². The zero-order valence-corrected chi connectivity index (χ0v) is 11.3. The van der Waals surface area contributed by atoms with Crippen LogP contribution in [0.5, 0.6) is 0 Å². The molecule has 2 aliphatic heterocycles. The van der Waals surface area contributed by atoms with Crippen LogP contribution in [0.25, 0.3) is 0 Å². The minimum absolute atomic E-state index is 0.0506. The van der Waals surface area contributed by atoms with Crippen molar-refractivity contribution < 1.29 is 14.4 Å². The Hall–Kier alpha value is -2.17. The molecule has 1 aromatic rings. The van der Waals surface area contributed by atoms with E-state index in [1.54, 1.807) is 4.90 Å². The molecular formula is C15H16N2O3. The minimum atomic E-state index is -0.822. The summed E-state index contributed by atoms with van der Waals surface area (Å²) in [5.74, 6) is -0.457. The zero-order valence-electron chi connectivity index (χ0n) is 11.3. The van der Waals surface area contributed by atoms with Crippen molar-refractivity contribution in [1.29, 1.82) is 0 Å². The van der Waals surface area contributed by atoms with Gasteiger partial charge in [0.25, 0.3) is 0 Å². The first-order valence-electron chi connectivity index (χ1n) is 6.64. The lowest BCUT2D eigenvalue weighted by molar-refractivity contribution is -0.140. The van der Waals surface area contributed by atoms with Gasteiger partial charge in [-0.05, 0) is 5.56 Å². The Balaban J connectivity index is 1.79. The Morgan fingerprint density at radius 2 is 1.70 bits per heavy atom. The Morgan fingerprint density at radius 3 is 2.30 bits per heavy atom. The van der Waals surface area contributed by atoms with Crippen molar-refractivity contribution in [2.24, 2.45) is 5.41 Å². The Bertz CT molecular complexity index is 584. The highest BCUT2D eigenvalue weighted by Crippen LogP contribution is 2.41. The van der Waals surface area contributed by atoms with Gasteiger partial charge in [-0.15, -0.1) is 0 Å². The summed E-state index contributed by atoms with van der Waals surface area (Å²) in [7, 11) is 1.49. The lowest BCUT2D eigenvalue weighted by Gasteiger charge is -2.21. The minimum Gasteiger partial charge on any atom is -0.337 e. The third-order valence-corrected chi connectivity index (χ3v) is 4.17. The number of amides is 3. The highest BCUT2D eigenvalue weighted by molar-refractivity contribution is 6.08. The highest BCUT2D eigenvalue weighted by atomic mass is 16.2. The van der Waals surface area contributed by atoms with Gasteiger partial charge >= 0.3 is 0 Å². The number of carbonyl (C=O) groups excluding carboxylic acids is 3. The Kier molecular flexibility index (Phi) is 2.85. The van der Waals surface area contributed by atoms with Gasteiger partial charge in [-0.1, -0.05) is 30.3 Å². The van der Waals surface area contributed by atoms with E-state index < -0.39 is 5.41 Å². The highest BCUT2D eigenvalue weighted by Gasteiger charge is 2.56. The summed E-state index contributed by atoms with van der Waals surface area (Å²) < 4.78 is 0. The molecule has 0 aromatic heterocycles. The second-order valence-corrected chi connectivity index (χ2v) is 5.63. The summed E-state index contributed by atoms with van der Waals surface area (Å²) in [6.07, 6.45) is 0.300. The summed E-state index contributed by atoms with van der Waals surface area (Å²) in [4.78, 5) is 38.9. The molecule has 0 aliphatic carbocycles. The molecule has 0 unspecified atom stereocenters. The van der Waals surface area contributed by atoms with E-state index in [4.69, 9.17) is 0 Å². The molecule has 104 valence electrons. The number of hydrogen-bond acceptors (Lipinski definition) is 3. The van der Waals surface area contributed by atoms with Crippen LogP contribution < -0.4 is 0 Å². The van der Waals surface area contributed by atoms with Crippen LogP contribution >= 0.6 is 0 Å². The van der Waals surface area contributed by atoms with E-state index in [1.165, 1.54) is 7.05 Å². The molecule has 2 fully saturated rings. The van der Waals surface area contributed by atoms with Gasteiger partial charge in [0.2, 0.25) is 17.7 Å². The van der Waals surface area contributed by atoms with Crippen LogP contribution in [-0.2, 0) is 20.9 Å². The summed E-state index contributed by atoms with van der Waals surface area (Å²) in [5, 5.41) is 0. The van der Waals surface area contributed by atoms with E-state index in [9.17, 15) is 14.4 Å². The van der Waals surface area contributed by atoms with Gasteiger partial charge in [-0.3, -0.25) is 19.3 Å². The number of nitrogens with zero attached hydrogens (tertiary/aromatic N) is 2. The number of likely N-dealkylation sites (tertiary alicyclic amines) is 2. The van der Waals surface area contributed by atoms with Gasteiger partial charge in [-0.2, -0.15) is 0 Å². The maximum absolute atomic E-state index is 12.2. The molecule has 1 atom stereocenters. The van der Waals surface area contributed by atoms with Crippen molar-refractivity contribution in [3.63, 3.8) is 0 Å². The van der Waals surface area contributed by atoms with E-state index in [1.807, 2.05) is 30.3 Å². The van der Waals surface area contributed by atoms with Crippen LogP contribution in [-0.4, -0.2) is 41.1 Å². The summed E-state index contributed by atoms with van der Waals surface area (Å²) in [6, 6.07) is 9.66. The van der Waals surface area contributed by atoms with Crippen LogP contribution in [0.4, 0.5) is 0 Å². The third-order valence-electron chi connectivity index (χ3n) is 4.17. The normalized spacial score (nSPS) is 26.1. The van der Waals surface area contributed by atoms with Crippen molar-refractivity contribution >= 4 is 17.7 Å². The number of rotatable bonds is 2. The van der Waals surface area contributed by atoms with E-state index in [0.29, 0.717) is 13.1 Å². The number of imide groups is 1. The Labute approximate surface area is 117 Å². The van der Waals surface area contributed by atoms with Gasteiger partial charge in [0.15, 0.2) is 0 Å². The van der Waals surface area contributed by atoms with Crippen molar-refractivity contribution in [2.75, 3.05) is 13.6 Å². The Morgan fingerprint density at radius 1 is 1.05 bits per heavy atom. The van der Waals surface area contributed by atoms with Crippen LogP contribution in [0.3, 0.4) is 0 Å². The largest absolute Gasteiger partial charge is 0.337 e. The number of hydrogen-bond donors (Lipinski definition) is 0. The molecule has 1 aromatic carbocycles. The standard InChI is InChI=1S/C15H16N2O3/c1-16-12(18)7-15(14(16)20)8-13(19)17(10-15)9-11-5-3-2-4-6-11/h2-6H,7-10H2,1H3/t15-/m0/s1. The van der Waals surface area contributed by atoms with Crippen molar-refractivity contribution in [1.82, 2.24) is 9.80 Å². The van der Waals surface area contributed by atoms with E-state index in [-0.39, 0.29) is 30.6 Å². The maximum Gasteiger partial charge on any atom is 0.237 e. The van der Waals surface area contributed by atoms with Gasteiger partial charge in [0.05, 0.1) is 5.41 Å². The fourth-order valence-electron chi connectivity index (χ4n) is 3.07. The predicted molar refractivity (Wildman–Crippen MR) is 71.3 cm³/mol. The molecule has 0 bridgehead atoms. The first kappa shape index (κ1) is 12.8. The third kappa shape index (κ3) is 1.90. The zero-order chi connectivity index (χ0) is 14.3. The monoisotopic (exact) mass is 272 g/mol. The number of benzene rings is 1. The SMILES string of the molecule is CN1C(=O)C[C@@]2(CC(=O)N(Cc3ccccc3)C2)C1=O. The van der Waals surface area contributed by atoms with Crippen LogP contribution in [0.15, 0.2) is 30.3 Å². The predicted octanol–water partition coefficient (Wildman–Crippen LogP) is 0.794. The van der Waals surface area contributed by atoms with Crippen molar-refractivity contribution in [3.8, 4) is 0 Å². The number of carbonyl (C=O) groups is 3. The molecule has 2 aliphatic rings. The van der Waals surface area contributed by atoms with Gasteiger partial charge in [0, 0.05) is 33.0 Å². The molecule has 0 saturated carbocycles. The fourth-order valence-corrected chi connectivity index (χ4v) is 3.07. The maximum atomic E-state index is 12.2. The first-order valence-corrected chi connectivity index (χ1v) is 6.64. The second-order valence-electron chi connectivity index (χ2n) is 5.63. The molecular weight excluding hydrogens is 256 g/mol. The van der Waals surface area contributed by atoms with Crippen molar-refractivity contribution in [3.05, 3.63) is 35.9 Å². The van der Waals surface area contributed by atoms with E-state index in [2.05, 4.69) is 0 Å². The molecule has 5 heteroatoms. The van der Waals surface area contributed by atoms with Crippen LogP contribution in [0, 0.1) is 5.41 Å². The molecule has 0 radical (unpaired) electrons. The molecule has 5 nitrogen and oxygen atoms in total. The van der Waals surface area contributed by atoms with Gasteiger partial charge in [-0.25, -0.2) is 0 Å². The van der Waals surface area contributed by atoms with Crippen LogP contribution in [0.2, 0.25) is 0 Å². The summed E-state index contributed by atoms with van der Waals surface area (Å²) >= 11 is 0. The molecule has 2 heterocycles. The van der Waals surface area contributed by atoms with E-state index >= 15 is 0 Å². The average molecular weight is 272 g/mol. The van der Waals surface area contributed by atoms with Gasteiger partial charge in [0.1, 0.15) is 0 Å². The second kappa shape index (κ2) is 4.44. The molecule has 1 spiro atoms. The molecule has 20 heavy (non-hydrogen) atoms. The molecule has 2 saturated heterocycles. The van der Waals surface area contributed by atoms with Crippen LogP contribution in [0.1, 0.15) is 18.4 Å². The summed E-state index contributed by atoms with van der Waals surface area (Å²) in [5.41, 5.74) is 0.209. The lowest BCUT2D eigenvalue weighted by atomic mass is 9.85. The van der Waals surface area contributed by atoms with E-state index in [0.717, 1.165) is 10.5 Å². The lowest BCUT2D eigenvalue weighted by Crippen LogP contribution is -2.35. The average Bonchev–Trinajstić information content (AvgIpc) is 2.84. The molecule has 0 N–H and O–H groups in total. The molecule has 3 rings (SSSR count).